The number of rotatable bonds is 1. The van der Waals surface area contributed by atoms with Gasteiger partial charge in [-0.05, 0) is 11.5 Å². The van der Waals surface area contributed by atoms with Gasteiger partial charge < -0.3 is 4.42 Å². The molecule has 0 saturated heterocycles. The highest BCUT2D eigenvalue weighted by atomic mass is 16.3. The van der Waals surface area contributed by atoms with Crippen LogP contribution in [-0.2, 0) is 0 Å². The summed E-state index contributed by atoms with van der Waals surface area (Å²) in [4.78, 5) is 21.7. The quantitative estimate of drug-likeness (QED) is 0.472. The molecular weight excluding hydrogens is 290 g/mol. The second-order valence-electron chi connectivity index (χ2n) is 5.09. The summed E-state index contributed by atoms with van der Waals surface area (Å²) in [5, 5.41) is 2.10. The Hall–Kier alpha value is -3.41. The molecule has 0 aliphatic carbocycles. The maximum atomic E-state index is 5.85. The SMILES string of the molecule is c1ccc2c(-c3ncnc4c3oc3nccnc34)nccc2c1. The number of pyridine rings is 1. The fourth-order valence-corrected chi connectivity index (χ4v) is 2.78. The van der Waals surface area contributed by atoms with Crippen LogP contribution in [0.25, 0.3) is 44.5 Å². The number of benzene rings is 1. The minimum atomic E-state index is 0.449. The van der Waals surface area contributed by atoms with Gasteiger partial charge in [0.1, 0.15) is 23.2 Å². The number of furan rings is 1. The lowest BCUT2D eigenvalue weighted by Gasteiger charge is -2.04. The first-order chi connectivity index (χ1) is 11.4. The first-order valence-electron chi connectivity index (χ1n) is 7.10. The molecular formula is C17H9N5O. The highest BCUT2D eigenvalue weighted by molar-refractivity contribution is 6.06. The standard InChI is InChI=1S/C17H9N5O/c1-2-4-11-10(3-1)5-6-18-12(11)13-16-14(22-9-21-13)15-17(23-16)20-8-7-19-15/h1-9H. The number of aromatic nitrogens is 5. The molecule has 0 atom stereocenters. The second kappa shape index (κ2) is 4.54. The minimum absolute atomic E-state index is 0.449. The largest absolute Gasteiger partial charge is 0.432 e. The van der Waals surface area contributed by atoms with Crippen molar-refractivity contribution in [2.75, 3.05) is 0 Å². The average Bonchev–Trinajstić information content (AvgIpc) is 3.00. The van der Waals surface area contributed by atoms with Gasteiger partial charge in [0.25, 0.3) is 0 Å². The van der Waals surface area contributed by atoms with Crippen LogP contribution in [-0.4, -0.2) is 24.9 Å². The highest BCUT2D eigenvalue weighted by Gasteiger charge is 2.18. The molecule has 6 heteroatoms. The Balaban J connectivity index is 1.93. The number of hydrogen-bond donors (Lipinski definition) is 0. The molecule has 0 saturated carbocycles. The first-order valence-corrected chi connectivity index (χ1v) is 7.10. The van der Waals surface area contributed by atoms with Crippen LogP contribution in [0.2, 0.25) is 0 Å². The summed E-state index contributed by atoms with van der Waals surface area (Å²) in [5.41, 5.74) is 3.68. The van der Waals surface area contributed by atoms with Gasteiger partial charge in [0.2, 0.25) is 5.71 Å². The van der Waals surface area contributed by atoms with E-state index in [1.807, 2.05) is 30.3 Å². The van der Waals surface area contributed by atoms with Crippen molar-refractivity contribution in [1.29, 1.82) is 0 Å². The molecule has 0 bridgehead atoms. The predicted octanol–water partition coefficient (Wildman–Crippen LogP) is 3.38. The van der Waals surface area contributed by atoms with Crippen LogP contribution in [0, 0.1) is 0 Å². The van der Waals surface area contributed by atoms with Crippen molar-refractivity contribution in [3.63, 3.8) is 0 Å². The van der Waals surface area contributed by atoms with Gasteiger partial charge in [0.15, 0.2) is 11.1 Å². The third kappa shape index (κ3) is 1.72. The molecule has 0 N–H and O–H groups in total. The van der Waals surface area contributed by atoms with E-state index in [0.29, 0.717) is 28.0 Å². The van der Waals surface area contributed by atoms with E-state index in [0.717, 1.165) is 16.5 Å². The molecule has 0 fully saturated rings. The highest BCUT2D eigenvalue weighted by Crippen LogP contribution is 2.33. The van der Waals surface area contributed by atoms with Gasteiger partial charge in [0, 0.05) is 24.0 Å². The molecule has 5 rings (SSSR count). The van der Waals surface area contributed by atoms with Gasteiger partial charge in [-0.2, -0.15) is 0 Å². The Labute approximate surface area is 129 Å². The Kier molecular flexibility index (Phi) is 2.40. The van der Waals surface area contributed by atoms with E-state index in [4.69, 9.17) is 4.42 Å². The smallest absolute Gasteiger partial charge is 0.248 e. The lowest BCUT2D eigenvalue weighted by Crippen LogP contribution is -1.91. The number of fused-ring (bicyclic) bond motifs is 4. The van der Waals surface area contributed by atoms with Crippen LogP contribution in [0.15, 0.2) is 59.7 Å². The normalized spacial score (nSPS) is 11.5. The molecule has 0 aliphatic heterocycles. The molecule has 5 aromatic rings. The number of hydrogen-bond acceptors (Lipinski definition) is 6. The van der Waals surface area contributed by atoms with Crippen molar-refractivity contribution in [3.8, 4) is 11.4 Å². The zero-order valence-corrected chi connectivity index (χ0v) is 11.8. The zero-order chi connectivity index (χ0) is 15.2. The van der Waals surface area contributed by atoms with Crippen molar-refractivity contribution in [1.82, 2.24) is 24.9 Å². The van der Waals surface area contributed by atoms with Crippen LogP contribution < -0.4 is 0 Å². The first kappa shape index (κ1) is 12.2. The van der Waals surface area contributed by atoms with Gasteiger partial charge in [-0.3, -0.25) is 4.98 Å². The molecule has 0 amide bonds. The van der Waals surface area contributed by atoms with Crippen molar-refractivity contribution < 1.29 is 4.42 Å². The van der Waals surface area contributed by atoms with Crippen LogP contribution in [0.4, 0.5) is 0 Å². The topological polar surface area (TPSA) is 77.6 Å². The summed E-state index contributed by atoms with van der Waals surface area (Å²) in [7, 11) is 0. The second-order valence-corrected chi connectivity index (χ2v) is 5.09. The van der Waals surface area contributed by atoms with Crippen molar-refractivity contribution in [3.05, 3.63) is 55.2 Å². The summed E-state index contributed by atoms with van der Waals surface area (Å²) < 4.78 is 5.85. The van der Waals surface area contributed by atoms with E-state index in [1.54, 1.807) is 18.6 Å². The van der Waals surface area contributed by atoms with Crippen LogP contribution in [0.1, 0.15) is 0 Å². The van der Waals surface area contributed by atoms with Crippen LogP contribution >= 0.6 is 0 Å². The third-order valence-electron chi connectivity index (χ3n) is 3.79. The maximum absolute atomic E-state index is 5.85. The molecule has 0 aliphatic rings. The monoisotopic (exact) mass is 299 g/mol. The van der Waals surface area contributed by atoms with E-state index in [9.17, 15) is 0 Å². The van der Waals surface area contributed by atoms with Gasteiger partial charge in [-0.1, -0.05) is 24.3 Å². The summed E-state index contributed by atoms with van der Waals surface area (Å²) in [6.45, 7) is 0. The molecule has 0 spiro atoms. The molecule has 0 radical (unpaired) electrons. The van der Waals surface area contributed by atoms with E-state index < -0.39 is 0 Å². The fraction of sp³-hybridized carbons (Fsp3) is 0. The molecule has 4 heterocycles. The predicted molar refractivity (Wildman–Crippen MR) is 85.6 cm³/mol. The minimum Gasteiger partial charge on any atom is -0.432 e. The molecule has 108 valence electrons. The maximum Gasteiger partial charge on any atom is 0.248 e. The van der Waals surface area contributed by atoms with Gasteiger partial charge in [0.05, 0.1) is 0 Å². The van der Waals surface area contributed by atoms with Gasteiger partial charge in [-0.15, -0.1) is 0 Å². The summed E-state index contributed by atoms with van der Waals surface area (Å²) in [6.07, 6.45) is 6.48. The van der Waals surface area contributed by atoms with Crippen molar-refractivity contribution in [2.45, 2.75) is 0 Å². The van der Waals surface area contributed by atoms with E-state index in [-0.39, 0.29) is 0 Å². The van der Waals surface area contributed by atoms with E-state index in [1.165, 1.54) is 6.33 Å². The summed E-state index contributed by atoms with van der Waals surface area (Å²) in [6, 6.07) is 10.0. The fourth-order valence-electron chi connectivity index (χ4n) is 2.78. The van der Waals surface area contributed by atoms with Gasteiger partial charge in [-0.25, -0.2) is 19.9 Å². The Morgan fingerprint density at radius 3 is 2.61 bits per heavy atom. The Bertz CT molecular complexity index is 1180. The van der Waals surface area contributed by atoms with E-state index in [2.05, 4.69) is 24.9 Å². The van der Waals surface area contributed by atoms with Crippen molar-refractivity contribution >= 4 is 33.1 Å². The average molecular weight is 299 g/mol. The molecule has 0 unspecified atom stereocenters. The molecule has 4 aromatic heterocycles. The van der Waals surface area contributed by atoms with Crippen molar-refractivity contribution in [2.24, 2.45) is 0 Å². The molecule has 23 heavy (non-hydrogen) atoms. The van der Waals surface area contributed by atoms with Crippen LogP contribution in [0.5, 0.6) is 0 Å². The third-order valence-corrected chi connectivity index (χ3v) is 3.79. The Morgan fingerprint density at radius 2 is 1.61 bits per heavy atom. The summed E-state index contributed by atoms with van der Waals surface area (Å²) >= 11 is 0. The number of nitrogens with zero attached hydrogens (tertiary/aromatic N) is 5. The van der Waals surface area contributed by atoms with Gasteiger partial charge >= 0.3 is 0 Å². The summed E-state index contributed by atoms with van der Waals surface area (Å²) in [5.74, 6) is 0. The lowest BCUT2D eigenvalue weighted by molar-refractivity contribution is 0.651. The lowest BCUT2D eigenvalue weighted by atomic mass is 10.1. The van der Waals surface area contributed by atoms with E-state index >= 15 is 0 Å². The molecule has 6 nitrogen and oxygen atoms in total. The molecule has 1 aromatic carbocycles. The Morgan fingerprint density at radius 1 is 0.696 bits per heavy atom. The van der Waals surface area contributed by atoms with Crippen LogP contribution in [0.3, 0.4) is 0 Å². The zero-order valence-electron chi connectivity index (χ0n) is 11.8.